The van der Waals surface area contributed by atoms with Crippen molar-refractivity contribution in [1.29, 1.82) is 0 Å². The lowest BCUT2D eigenvalue weighted by Crippen LogP contribution is -2.45. The molecule has 5 heteroatoms. The first-order valence-electron chi connectivity index (χ1n) is 8.36. The Balaban J connectivity index is 1.94. The molecule has 2 rings (SSSR count). The molecule has 0 bridgehead atoms. The average molecular weight is 317 g/mol. The number of sulfone groups is 1. The molecule has 0 spiro atoms. The molecule has 0 aromatic rings. The van der Waals surface area contributed by atoms with Gasteiger partial charge in [-0.3, -0.25) is 0 Å². The third-order valence-electron chi connectivity index (χ3n) is 5.41. The van der Waals surface area contributed by atoms with Gasteiger partial charge in [-0.15, -0.1) is 0 Å². The Hall–Kier alpha value is -0.130. The molecule has 2 N–H and O–H groups in total. The zero-order valence-electron chi connectivity index (χ0n) is 13.8. The van der Waals surface area contributed by atoms with Crippen LogP contribution in [-0.2, 0) is 9.84 Å². The van der Waals surface area contributed by atoms with E-state index in [-0.39, 0.29) is 6.04 Å². The monoisotopic (exact) mass is 316 g/mol. The molecule has 3 unspecified atom stereocenters. The average Bonchev–Trinajstić information content (AvgIpc) is 2.52. The van der Waals surface area contributed by atoms with E-state index in [1.54, 1.807) is 0 Å². The van der Waals surface area contributed by atoms with Gasteiger partial charge in [-0.25, -0.2) is 8.42 Å². The summed E-state index contributed by atoms with van der Waals surface area (Å²) in [7, 11) is -2.81. The van der Waals surface area contributed by atoms with E-state index in [9.17, 15) is 8.42 Å². The lowest BCUT2D eigenvalue weighted by atomic mass is 9.67. The minimum atomic E-state index is -2.81. The number of nitrogens with two attached hydrogens (primary N) is 1. The molecule has 1 aliphatic carbocycles. The van der Waals surface area contributed by atoms with Crippen molar-refractivity contribution in [3.8, 4) is 0 Å². The van der Waals surface area contributed by atoms with E-state index in [1.165, 1.54) is 12.8 Å². The second kappa shape index (κ2) is 6.55. The fourth-order valence-electron chi connectivity index (χ4n) is 3.79. The minimum absolute atomic E-state index is 0.281. The molecule has 1 saturated heterocycles. The third-order valence-corrected chi connectivity index (χ3v) is 7.12. The Bertz CT molecular complexity index is 442. The van der Waals surface area contributed by atoms with Gasteiger partial charge in [0.2, 0.25) is 0 Å². The molecule has 1 aliphatic heterocycles. The van der Waals surface area contributed by atoms with Gasteiger partial charge < -0.3 is 10.6 Å². The van der Waals surface area contributed by atoms with Gasteiger partial charge in [0, 0.05) is 19.1 Å². The van der Waals surface area contributed by atoms with E-state index in [0.29, 0.717) is 29.4 Å². The largest absolute Gasteiger partial charge is 0.327 e. The Kier molecular flexibility index (Phi) is 5.37. The summed E-state index contributed by atoms with van der Waals surface area (Å²) in [5, 5.41) is 0. The maximum atomic E-state index is 11.7. The Morgan fingerprint density at radius 2 is 1.86 bits per heavy atom. The molecular weight excluding hydrogens is 284 g/mol. The van der Waals surface area contributed by atoms with E-state index in [2.05, 4.69) is 25.7 Å². The van der Waals surface area contributed by atoms with E-state index < -0.39 is 9.84 Å². The van der Waals surface area contributed by atoms with Gasteiger partial charge in [-0.05, 0) is 49.5 Å². The fraction of sp³-hybridized carbons (Fsp3) is 1.00. The summed E-state index contributed by atoms with van der Waals surface area (Å²) in [6.07, 6.45) is 4.30. The van der Waals surface area contributed by atoms with Crippen LogP contribution in [-0.4, -0.2) is 50.5 Å². The van der Waals surface area contributed by atoms with E-state index in [0.717, 1.165) is 31.8 Å². The smallest absolute Gasteiger partial charge is 0.151 e. The summed E-state index contributed by atoms with van der Waals surface area (Å²) >= 11 is 0. The van der Waals surface area contributed by atoms with Crippen molar-refractivity contribution in [1.82, 2.24) is 4.90 Å². The Morgan fingerprint density at radius 3 is 2.52 bits per heavy atom. The maximum absolute atomic E-state index is 11.7. The van der Waals surface area contributed by atoms with Crippen molar-refractivity contribution in [3.05, 3.63) is 0 Å². The van der Waals surface area contributed by atoms with Crippen LogP contribution in [0.4, 0.5) is 0 Å². The van der Waals surface area contributed by atoms with Crippen LogP contribution >= 0.6 is 0 Å². The highest BCUT2D eigenvalue weighted by atomic mass is 32.2. The van der Waals surface area contributed by atoms with E-state index in [1.807, 2.05) is 0 Å². The van der Waals surface area contributed by atoms with Gasteiger partial charge in [-0.2, -0.15) is 0 Å². The van der Waals surface area contributed by atoms with Crippen molar-refractivity contribution in [2.45, 2.75) is 52.5 Å². The SMILES string of the molecule is CC(C)(C)C1CCC(N)C(CN2CCCS(=O)(=O)CC2)C1. The molecule has 3 atom stereocenters. The first-order chi connectivity index (χ1) is 9.67. The normalized spacial score (nSPS) is 35.3. The molecule has 2 aliphatic rings. The molecule has 124 valence electrons. The summed E-state index contributed by atoms with van der Waals surface area (Å²) in [6, 6.07) is 0.281. The first kappa shape index (κ1) is 17.2. The quantitative estimate of drug-likeness (QED) is 0.845. The fourth-order valence-corrected chi connectivity index (χ4v) is 5.10. The summed E-state index contributed by atoms with van der Waals surface area (Å²) in [6.45, 7) is 9.54. The standard InChI is InChI=1S/C16H32N2O2S/c1-16(2,3)14-5-6-15(17)13(11-14)12-18-7-4-9-21(19,20)10-8-18/h13-15H,4-12,17H2,1-3H3. The molecule has 0 aromatic carbocycles. The number of nitrogens with zero attached hydrogens (tertiary/aromatic N) is 1. The predicted molar refractivity (Wildman–Crippen MR) is 88.0 cm³/mol. The second-order valence-corrected chi connectivity index (χ2v) is 10.4. The van der Waals surface area contributed by atoms with Crippen LogP contribution in [0.25, 0.3) is 0 Å². The molecular formula is C16H32N2O2S. The van der Waals surface area contributed by atoms with E-state index >= 15 is 0 Å². The topological polar surface area (TPSA) is 63.4 Å². The molecule has 21 heavy (non-hydrogen) atoms. The molecule has 0 aromatic heterocycles. The van der Waals surface area contributed by atoms with Crippen LogP contribution in [0.15, 0.2) is 0 Å². The lowest BCUT2D eigenvalue weighted by Gasteiger charge is -2.42. The minimum Gasteiger partial charge on any atom is -0.327 e. The second-order valence-electron chi connectivity index (χ2n) is 8.11. The van der Waals surface area contributed by atoms with Crippen molar-refractivity contribution < 1.29 is 8.42 Å². The van der Waals surface area contributed by atoms with Gasteiger partial charge in [0.1, 0.15) is 0 Å². The zero-order valence-corrected chi connectivity index (χ0v) is 14.7. The maximum Gasteiger partial charge on any atom is 0.151 e. The van der Waals surface area contributed by atoms with Crippen LogP contribution < -0.4 is 5.73 Å². The predicted octanol–water partition coefficient (Wildman–Crippen LogP) is 1.90. The van der Waals surface area contributed by atoms with Gasteiger partial charge in [0.25, 0.3) is 0 Å². The third kappa shape index (κ3) is 4.93. The van der Waals surface area contributed by atoms with Crippen molar-refractivity contribution in [2.24, 2.45) is 23.0 Å². The van der Waals surface area contributed by atoms with Crippen LogP contribution in [0.2, 0.25) is 0 Å². The van der Waals surface area contributed by atoms with Crippen LogP contribution in [0.3, 0.4) is 0 Å². The van der Waals surface area contributed by atoms with Crippen LogP contribution in [0.1, 0.15) is 46.5 Å². The van der Waals surface area contributed by atoms with E-state index in [4.69, 9.17) is 5.73 Å². The van der Waals surface area contributed by atoms with Crippen molar-refractivity contribution >= 4 is 9.84 Å². The molecule has 0 radical (unpaired) electrons. The highest BCUT2D eigenvalue weighted by Gasteiger charge is 2.35. The highest BCUT2D eigenvalue weighted by molar-refractivity contribution is 7.91. The summed E-state index contributed by atoms with van der Waals surface area (Å²) in [5.74, 6) is 1.92. The molecule has 4 nitrogen and oxygen atoms in total. The molecule has 0 amide bonds. The number of hydrogen-bond acceptors (Lipinski definition) is 4. The highest BCUT2D eigenvalue weighted by Crippen LogP contribution is 2.40. The Morgan fingerprint density at radius 1 is 1.14 bits per heavy atom. The van der Waals surface area contributed by atoms with Crippen LogP contribution in [0.5, 0.6) is 0 Å². The van der Waals surface area contributed by atoms with Crippen molar-refractivity contribution in [2.75, 3.05) is 31.1 Å². The van der Waals surface area contributed by atoms with Gasteiger partial charge in [0.05, 0.1) is 11.5 Å². The van der Waals surface area contributed by atoms with Crippen molar-refractivity contribution in [3.63, 3.8) is 0 Å². The zero-order chi connectivity index (χ0) is 15.7. The van der Waals surface area contributed by atoms with Crippen LogP contribution in [0, 0.1) is 17.3 Å². The Labute approximate surface area is 130 Å². The summed E-state index contributed by atoms with van der Waals surface area (Å²) in [4.78, 5) is 2.33. The molecule has 1 saturated carbocycles. The first-order valence-corrected chi connectivity index (χ1v) is 10.2. The van der Waals surface area contributed by atoms with Gasteiger partial charge in [-0.1, -0.05) is 20.8 Å². The molecule has 2 fully saturated rings. The summed E-state index contributed by atoms with van der Waals surface area (Å²) in [5.41, 5.74) is 6.70. The number of rotatable bonds is 2. The number of hydrogen-bond donors (Lipinski definition) is 1. The van der Waals surface area contributed by atoms with Gasteiger partial charge >= 0.3 is 0 Å². The lowest BCUT2D eigenvalue weighted by molar-refractivity contribution is 0.101. The molecule has 1 heterocycles. The summed E-state index contributed by atoms with van der Waals surface area (Å²) < 4.78 is 23.4. The van der Waals surface area contributed by atoms with Gasteiger partial charge in [0.15, 0.2) is 9.84 Å².